The van der Waals surface area contributed by atoms with E-state index < -0.39 is 11.4 Å². The number of rotatable bonds is 7. The molecule has 0 amide bonds. The van der Waals surface area contributed by atoms with E-state index in [1.807, 2.05) is 60.7 Å². The van der Waals surface area contributed by atoms with Crippen LogP contribution in [-0.2, 0) is 30.9 Å². The average Bonchev–Trinajstić information content (AvgIpc) is 3.50. The van der Waals surface area contributed by atoms with Gasteiger partial charge in [0.15, 0.2) is 0 Å². The molecule has 0 N–H and O–H groups in total. The second kappa shape index (κ2) is 8.21. The first kappa shape index (κ1) is 18.9. The lowest BCUT2D eigenvalue weighted by molar-refractivity contribution is -0.143. The highest BCUT2D eigenvalue weighted by Crippen LogP contribution is 2.49. The van der Waals surface area contributed by atoms with Crippen molar-refractivity contribution in [3.05, 3.63) is 83.1 Å². The molecule has 140 valence electrons. The summed E-state index contributed by atoms with van der Waals surface area (Å²) in [4.78, 5) is 25.3. The van der Waals surface area contributed by atoms with E-state index in [2.05, 4.69) is 0 Å². The highest BCUT2D eigenvalue weighted by atomic mass is 16.5. The van der Waals surface area contributed by atoms with Crippen molar-refractivity contribution in [3.8, 4) is 0 Å². The van der Waals surface area contributed by atoms with Gasteiger partial charge in [0.05, 0.1) is 17.6 Å². The van der Waals surface area contributed by atoms with Crippen LogP contribution in [-0.4, -0.2) is 18.5 Å². The molecule has 4 heteroatoms. The molecular formula is C23H24O4. The molecule has 0 aromatic heterocycles. The monoisotopic (exact) mass is 364 g/mol. The number of carbonyl (C=O) groups is 2. The third kappa shape index (κ3) is 4.27. The first-order valence-corrected chi connectivity index (χ1v) is 9.25. The predicted molar refractivity (Wildman–Crippen MR) is 103 cm³/mol. The summed E-state index contributed by atoms with van der Waals surface area (Å²) in [5, 5.41) is 0. The molecule has 4 nitrogen and oxygen atoms in total. The van der Waals surface area contributed by atoms with Crippen molar-refractivity contribution in [2.24, 2.45) is 0 Å². The van der Waals surface area contributed by atoms with Crippen LogP contribution in [0.5, 0.6) is 0 Å². The molecule has 2 aromatic rings. The molecule has 0 atom stereocenters. The maximum atomic E-state index is 12.9. The molecule has 3 rings (SSSR count). The van der Waals surface area contributed by atoms with E-state index in [9.17, 15) is 9.59 Å². The van der Waals surface area contributed by atoms with Crippen LogP contribution in [0.25, 0.3) is 0 Å². The number of hydrogen-bond acceptors (Lipinski definition) is 4. The third-order valence-corrected chi connectivity index (χ3v) is 4.88. The zero-order valence-electron chi connectivity index (χ0n) is 15.7. The fraction of sp³-hybridized carbons (Fsp3) is 0.304. The van der Waals surface area contributed by atoms with Gasteiger partial charge >= 0.3 is 11.9 Å². The van der Waals surface area contributed by atoms with E-state index in [0.29, 0.717) is 17.8 Å². The van der Waals surface area contributed by atoms with Gasteiger partial charge in [-0.25, -0.2) is 4.79 Å². The van der Waals surface area contributed by atoms with Gasteiger partial charge in [0, 0.05) is 6.42 Å². The number of carbonyl (C=O) groups excluding carboxylic acids is 2. The van der Waals surface area contributed by atoms with Crippen molar-refractivity contribution in [1.29, 1.82) is 0 Å². The van der Waals surface area contributed by atoms with E-state index >= 15 is 0 Å². The van der Waals surface area contributed by atoms with Crippen molar-refractivity contribution in [3.63, 3.8) is 0 Å². The van der Waals surface area contributed by atoms with Gasteiger partial charge in [0.25, 0.3) is 0 Å². The van der Waals surface area contributed by atoms with E-state index in [0.717, 1.165) is 24.0 Å². The van der Waals surface area contributed by atoms with Gasteiger partial charge < -0.3 is 9.47 Å². The van der Waals surface area contributed by atoms with Crippen LogP contribution < -0.4 is 0 Å². The number of hydrogen-bond donors (Lipinski definition) is 0. The van der Waals surface area contributed by atoms with Crippen LogP contribution in [0.4, 0.5) is 0 Å². The van der Waals surface area contributed by atoms with Gasteiger partial charge in [0.1, 0.15) is 5.76 Å². The predicted octanol–water partition coefficient (Wildman–Crippen LogP) is 4.34. The first-order chi connectivity index (χ1) is 13.1. The molecule has 0 radical (unpaired) electrons. The second-order valence-corrected chi connectivity index (χ2v) is 6.76. The molecule has 1 saturated carbocycles. The highest BCUT2D eigenvalue weighted by molar-refractivity contribution is 5.91. The lowest BCUT2D eigenvalue weighted by Gasteiger charge is -2.17. The Bertz CT molecular complexity index is 833. The summed E-state index contributed by atoms with van der Waals surface area (Å²) < 4.78 is 10.9. The Hall–Kier alpha value is -2.88. The molecule has 0 unspecified atom stereocenters. The van der Waals surface area contributed by atoms with Crippen LogP contribution in [0, 0.1) is 0 Å². The summed E-state index contributed by atoms with van der Waals surface area (Å²) in [5.41, 5.74) is 1.71. The number of esters is 2. The summed E-state index contributed by atoms with van der Waals surface area (Å²) in [6.07, 6.45) is 1.88. The number of benzene rings is 2. The van der Waals surface area contributed by atoms with Crippen molar-refractivity contribution in [2.75, 3.05) is 6.61 Å². The minimum absolute atomic E-state index is 0.270. The summed E-state index contributed by atoms with van der Waals surface area (Å²) in [6, 6.07) is 19.3. The van der Waals surface area contributed by atoms with E-state index in [1.165, 1.54) is 0 Å². The molecule has 27 heavy (non-hydrogen) atoms. The Kier molecular flexibility index (Phi) is 5.75. The van der Waals surface area contributed by atoms with Crippen LogP contribution in [0.2, 0.25) is 0 Å². The Labute approximate surface area is 159 Å². The Morgan fingerprint density at radius 3 is 2.11 bits per heavy atom. The second-order valence-electron chi connectivity index (χ2n) is 6.76. The van der Waals surface area contributed by atoms with Crippen LogP contribution >= 0.6 is 0 Å². The molecule has 2 aromatic carbocycles. The van der Waals surface area contributed by atoms with Crippen LogP contribution in [0.1, 0.15) is 37.8 Å². The van der Waals surface area contributed by atoms with E-state index in [4.69, 9.17) is 9.47 Å². The molecule has 0 heterocycles. The standard InChI is InChI=1S/C23H24O4/c1-3-26-21(24)20(16-18-10-6-4-7-11-18)17(2)27-22(25)23(14-15-23)19-12-8-5-9-13-19/h4-13H,3,14-16H2,1-2H3. The smallest absolute Gasteiger partial charge is 0.337 e. The highest BCUT2D eigenvalue weighted by Gasteiger charge is 2.53. The lowest BCUT2D eigenvalue weighted by atomic mass is 9.96. The van der Waals surface area contributed by atoms with Gasteiger partial charge in [0.2, 0.25) is 0 Å². The fourth-order valence-corrected chi connectivity index (χ4v) is 3.15. The van der Waals surface area contributed by atoms with Gasteiger partial charge in [-0.1, -0.05) is 60.7 Å². The Balaban J connectivity index is 1.83. The van der Waals surface area contributed by atoms with Crippen LogP contribution in [0.3, 0.4) is 0 Å². The molecule has 1 fully saturated rings. The number of ether oxygens (including phenoxy) is 2. The lowest BCUT2D eigenvalue weighted by Crippen LogP contribution is -2.24. The Morgan fingerprint density at radius 2 is 1.56 bits per heavy atom. The van der Waals surface area contributed by atoms with Gasteiger partial charge in [-0.2, -0.15) is 0 Å². The van der Waals surface area contributed by atoms with Crippen molar-refractivity contribution in [1.82, 2.24) is 0 Å². The molecule has 0 saturated heterocycles. The zero-order chi connectivity index (χ0) is 19.3. The normalized spacial score (nSPS) is 15.5. The molecule has 0 spiro atoms. The SMILES string of the molecule is CCOC(=O)C(Cc1ccccc1)=C(C)OC(=O)C1(c2ccccc2)CC1. The number of allylic oxidation sites excluding steroid dienone is 1. The summed E-state index contributed by atoms with van der Waals surface area (Å²) in [6.45, 7) is 3.69. The van der Waals surface area contributed by atoms with E-state index in [-0.39, 0.29) is 12.6 Å². The van der Waals surface area contributed by atoms with Crippen molar-refractivity contribution >= 4 is 11.9 Å². The largest absolute Gasteiger partial charge is 0.463 e. The summed E-state index contributed by atoms with van der Waals surface area (Å²) in [7, 11) is 0. The molecular weight excluding hydrogens is 340 g/mol. The van der Waals surface area contributed by atoms with Crippen LogP contribution in [0.15, 0.2) is 72.0 Å². The maximum absolute atomic E-state index is 12.9. The maximum Gasteiger partial charge on any atom is 0.337 e. The van der Waals surface area contributed by atoms with E-state index in [1.54, 1.807) is 13.8 Å². The first-order valence-electron chi connectivity index (χ1n) is 9.25. The molecule has 1 aliphatic carbocycles. The third-order valence-electron chi connectivity index (χ3n) is 4.88. The van der Waals surface area contributed by atoms with Gasteiger partial charge in [-0.3, -0.25) is 4.79 Å². The zero-order valence-corrected chi connectivity index (χ0v) is 15.7. The van der Waals surface area contributed by atoms with Gasteiger partial charge in [-0.05, 0) is 37.8 Å². The fourth-order valence-electron chi connectivity index (χ4n) is 3.15. The average molecular weight is 364 g/mol. The van der Waals surface area contributed by atoms with Crippen molar-refractivity contribution < 1.29 is 19.1 Å². The minimum Gasteiger partial charge on any atom is -0.463 e. The van der Waals surface area contributed by atoms with Gasteiger partial charge in [-0.15, -0.1) is 0 Å². The quantitative estimate of drug-likeness (QED) is 0.417. The molecule has 1 aliphatic rings. The summed E-state index contributed by atoms with van der Waals surface area (Å²) in [5.74, 6) is -0.443. The minimum atomic E-state index is -0.588. The molecule has 0 bridgehead atoms. The summed E-state index contributed by atoms with van der Waals surface area (Å²) >= 11 is 0. The van der Waals surface area contributed by atoms with Crippen molar-refractivity contribution in [2.45, 2.75) is 38.5 Å². The topological polar surface area (TPSA) is 52.6 Å². The molecule has 0 aliphatic heterocycles. The Morgan fingerprint density at radius 1 is 0.963 bits per heavy atom.